The van der Waals surface area contributed by atoms with Crippen molar-refractivity contribution in [3.8, 4) is 0 Å². The van der Waals surface area contributed by atoms with Crippen LogP contribution in [0.2, 0.25) is 0 Å². The van der Waals surface area contributed by atoms with E-state index in [4.69, 9.17) is 4.74 Å². The Morgan fingerprint density at radius 2 is 1.88 bits per heavy atom. The van der Waals surface area contributed by atoms with Crippen molar-refractivity contribution in [2.75, 3.05) is 18.5 Å². The molecule has 0 unspecified atom stereocenters. The number of benzene rings is 1. The Bertz CT molecular complexity index is 696. The Balaban J connectivity index is 1.76. The Hall–Kier alpha value is -2.67. The summed E-state index contributed by atoms with van der Waals surface area (Å²) >= 11 is 1.35. The first kappa shape index (κ1) is 17.7. The third-order valence-corrected chi connectivity index (χ3v) is 3.93. The maximum absolute atomic E-state index is 11.9. The molecule has 0 atom stereocenters. The standard InChI is InChI=1S/C17H18N2O4S/c1-2-23-17(22)12-5-7-13(8-6-12)19-15(20)9-10-18-16(21)14-4-3-11-24-14/h3-8,11H,2,9-10H2,1H3,(H,18,21)(H,19,20). The lowest BCUT2D eigenvalue weighted by Crippen LogP contribution is -2.27. The van der Waals surface area contributed by atoms with Crippen molar-refractivity contribution in [3.05, 3.63) is 52.2 Å². The zero-order valence-corrected chi connectivity index (χ0v) is 14.0. The Kier molecular flexibility index (Phi) is 6.51. The average Bonchev–Trinajstić information content (AvgIpc) is 3.10. The Morgan fingerprint density at radius 1 is 1.12 bits per heavy atom. The molecule has 24 heavy (non-hydrogen) atoms. The van der Waals surface area contributed by atoms with Crippen molar-refractivity contribution >= 4 is 34.8 Å². The van der Waals surface area contributed by atoms with Crippen LogP contribution in [0.5, 0.6) is 0 Å². The molecular weight excluding hydrogens is 328 g/mol. The molecule has 0 spiro atoms. The fourth-order valence-corrected chi connectivity index (χ4v) is 2.55. The number of thiophene rings is 1. The molecule has 2 amide bonds. The summed E-state index contributed by atoms with van der Waals surface area (Å²) in [5.41, 5.74) is 1.01. The first-order valence-corrected chi connectivity index (χ1v) is 8.37. The minimum atomic E-state index is -0.397. The van der Waals surface area contributed by atoms with E-state index in [0.717, 1.165) is 0 Å². The largest absolute Gasteiger partial charge is 0.462 e. The van der Waals surface area contributed by atoms with E-state index in [0.29, 0.717) is 22.7 Å². The first-order chi connectivity index (χ1) is 11.6. The molecule has 0 saturated heterocycles. The van der Waals surface area contributed by atoms with Crippen LogP contribution in [0.1, 0.15) is 33.4 Å². The second kappa shape index (κ2) is 8.83. The molecule has 2 N–H and O–H groups in total. The molecule has 6 nitrogen and oxygen atoms in total. The van der Waals surface area contributed by atoms with Crippen molar-refractivity contribution in [2.45, 2.75) is 13.3 Å². The Labute approximate surface area is 143 Å². The number of amides is 2. The number of rotatable bonds is 7. The molecular formula is C17H18N2O4S. The smallest absolute Gasteiger partial charge is 0.338 e. The van der Waals surface area contributed by atoms with Crippen LogP contribution in [-0.2, 0) is 9.53 Å². The zero-order valence-electron chi connectivity index (χ0n) is 13.2. The fourth-order valence-electron chi connectivity index (χ4n) is 1.91. The van der Waals surface area contributed by atoms with Gasteiger partial charge >= 0.3 is 5.97 Å². The van der Waals surface area contributed by atoms with Gasteiger partial charge in [0.05, 0.1) is 17.0 Å². The molecule has 126 valence electrons. The summed E-state index contributed by atoms with van der Waals surface area (Å²) in [5.74, 6) is -0.798. The van der Waals surface area contributed by atoms with Gasteiger partial charge in [-0.2, -0.15) is 0 Å². The van der Waals surface area contributed by atoms with Gasteiger partial charge < -0.3 is 15.4 Å². The van der Waals surface area contributed by atoms with Gasteiger partial charge in [-0.25, -0.2) is 4.79 Å². The van der Waals surface area contributed by atoms with E-state index in [1.807, 2.05) is 5.38 Å². The predicted molar refractivity (Wildman–Crippen MR) is 92.3 cm³/mol. The van der Waals surface area contributed by atoms with E-state index in [1.165, 1.54) is 11.3 Å². The molecule has 0 aliphatic heterocycles. The maximum atomic E-state index is 11.9. The molecule has 1 heterocycles. The number of ether oxygens (including phenoxy) is 1. The van der Waals surface area contributed by atoms with Gasteiger partial charge in [0.25, 0.3) is 5.91 Å². The molecule has 1 aromatic heterocycles. The van der Waals surface area contributed by atoms with Crippen LogP contribution in [0.25, 0.3) is 0 Å². The van der Waals surface area contributed by atoms with Gasteiger partial charge in [0.2, 0.25) is 5.91 Å². The number of carbonyl (C=O) groups excluding carboxylic acids is 3. The molecule has 0 aliphatic rings. The molecule has 0 aliphatic carbocycles. The monoisotopic (exact) mass is 346 g/mol. The van der Waals surface area contributed by atoms with Gasteiger partial charge in [-0.1, -0.05) is 6.07 Å². The van der Waals surface area contributed by atoms with E-state index >= 15 is 0 Å². The van der Waals surface area contributed by atoms with E-state index in [1.54, 1.807) is 43.3 Å². The molecule has 0 radical (unpaired) electrons. The minimum Gasteiger partial charge on any atom is -0.462 e. The van der Waals surface area contributed by atoms with Crippen LogP contribution < -0.4 is 10.6 Å². The second-order valence-corrected chi connectivity index (χ2v) is 5.78. The lowest BCUT2D eigenvalue weighted by Gasteiger charge is -2.07. The normalized spacial score (nSPS) is 10.0. The maximum Gasteiger partial charge on any atom is 0.338 e. The summed E-state index contributed by atoms with van der Waals surface area (Å²) in [6, 6.07) is 9.97. The van der Waals surface area contributed by atoms with Gasteiger partial charge in [-0.15, -0.1) is 11.3 Å². The summed E-state index contributed by atoms with van der Waals surface area (Å²) in [6.07, 6.45) is 0.163. The Morgan fingerprint density at radius 3 is 2.50 bits per heavy atom. The average molecular weight is 346 g/mol. The van der Waals surface area contributed by atoms with E-state index in [-0.39, 0.29) is 24.8 Å². The van der Waals surface area contributed by atoms with Crippen LogP contribution in [0.15, 0.2) is 41.8 Å². The summed E-state index contributed by atoms with van der Waals surface area (Å²) in [4.78, 5) is 35.7. The van der Waals surface area contributed by atoms with Crippen LogP contribution >= 0.6 is 11.3 Å². The number of carbonyl (C=O) groups is 3. The second-order valence-electron chi connectivity index (χ2n) is 4.83. The zero-order chi connectivity index (χ0) is 17.4. The minimum absolute atomic E-state index is 0.163. The van der Waals surface area contributed by atoms with Crippen LogP contribution in [0, 0.1) is 0 Å². The SMILES string of the molecule is CCOC(=O)c1ccc(NC(=O)CCNC(=O)c2cccs2)cc1. The lowest BCUT2D eigenvalue weighted by molar-refractivity contribution is -0.116. The van der Waals surface area contributed by atoms with Gasteiger partial charge in [0.15, 0.2) is 0 Å². The third-order valence-electron chi connectivity index (χ3n) is 3.06. The van der Waals surface area contributed by atoms with Crippen molar-refractivity contribution < 1.29 is 19.1 Å². The number of anilines is 1. The molecule has 0 bridgehead atoms. The molecule has 0 saturated carbocycles. The molecule has 2 aromatic rings. The number of esters is 1. The molecule has 1 aromatic carbocycles. The highest BCUT2D eigenvalue weighted by Crippen LogP contribution is 2.11. The summed E-state index contributed by atoms with van der Waals surface area (Å²) < 4.78 is 4.89. The summed E-state index contributed by atoms with van der Waals surface area (Å²) in [7, 11) is 0. The first-order valence-electron chi connectivity index (χ1n) is 7.49. The summed E-state index contributed by atoms with van der Waals surface area (Å²) in [5, 5.41) is 7.22. The third kappa shape index (κ3) is 5.20. The topological polar surface area (TPSA) is 84.5 Å². The molecule has 2 rings (SSSR count). The van der Waals surface area contributed by atoms with E-state index in [2.05, 4.69) is 10.6 Å². The highest BCUT2D eigenvalue weighted by atomic mass is 32.1. The van der Waals surface area contributed by atoms with Crippen LogP contribution in [-0.4, -0.2) is 30.9 Å². The number of hydrogen-bond donors (Lipinski definition) is 2. The van der Waals surface area contributed by atoms with Crippen LogP contribution in [0.3, 0.4) is 0 Å². The van der Waals surface area contributed by atoms with Gasteiger partial charge in [-0.05, 0) is 42.6 Å². The van der Waals surface area contributed by atoms with E-state index in [9.17, 15) is 14.4 Å². The van der Waals surface area contributed by atoms with Gasteiger partial charge in [-0.3, -0.25) is 9.59 Å². The van der Waals surface area contributed by atoms with Gasteiger partial charge in [0, 0.05) is 18.7 Å². The van der Waals surface area contributed by atoms with Crippen molar-refractivity contribution in [1.29, 1.82) is 0 Å². The summed E-state index contributed by atoms with van der Waals surface area (Å²) in [6.45, 7) is 2.31. The van der Waals surface area contributed by atoms with Crippen molar-refractivity contribution in [2.24, 2.45) is 0 Å². The van der Waals surface area contributed by atoms with Crippen LogP contribution in [0.4, 0.5) is 5.69 Å². The highest BCUT2D eigenvalue weighted by molar-refractivity contribution is 7.12. The number of hydrogen-bond acceptors (Lipinski definition) is 5. The van der Waals surface area contributed by atoms with Gasteiger partial charge in [0.1, 0.15) is 0 Å². The van der Waals surface area contributed by atoms with E-state index < -0.39 is 5.97 Å². The molecule has 7 heteroatoms. The lowest BCUT2D eigenvalue weighted by atomic mass is 10.2. The van der Waals surface area contributed by atoms with Crippen molar-refractivity contribution in [1.82, 2.24) is 5.32 Å². The highest BCUT2D eigenvalue weighted by Gasteiger charge is 2.09. The predicted octanol–water partition coefficient (Wildman–Crippen LogP) is 2.68. The number of nitrogens with one attached hydrogen (secondary N) is 2. The molecule has 0 fully saturated rings. The van der Waals surface area contributed by atoms with Crippen molar-refractivity contribution in [3.63, 3.8) is 0 Å². The fraction of sp³-hybridized carbons (Fsp3) is 0.235. The quantitative estimate of drug-likeness (QED) is 0.755.